The number of rotatable bonds is 4. The van der Waals surface area contributed by atoms with Gasteiger partial charge in [-0.15, -0.1) is 0 Å². The van der Waals surface area contributed by atoms with Crippen LogP contribution in [0, 0.1) is 5.41 Å². The highest BCUT2D eigenvalue weighted by atomic mass is 79.9. The van der Waals surface area contributed by atoms with E-state index < -0.39 is 0 Å². The summed E-state index contributed by atoms with van der Waals surface area (Å²) in [6.45, 7) is 1.73. The number of hydrogen-bond acceptors (Lipinski definition) is 1. The predicted octanol–water partition coefficient (Wildman–Crippen LogP) is 3.75. The summed E-state index contributed by atoms with van der Waals surface area (Å²) in [5, 5.41) is 0. The van der Waals surface area contributed by atoms with Crippen LogP contribution in [0.1, 0.15) is 31.7 Å². The fourth-order valence-electron chi connectivity index (χ4n) is 1.96. The molecule has 1 aromatic carbocycles. The second kappa shape index (κ2) is 4.09. The van der Waals surface area contributed by atoms with Crippen LogP contribution < -0.4 is 0 Å². The van der Waals surface area contributed by atoms with Crippen molar-refractivity contribution in [3.63, 3.8) is 0 Å². The Morgan fingerprint density at radius 2 is 1.93 bits per heavy atom. The molecule has 1 aromatic rings. The fraction of sp³-hybridized carbons (Fsp3) is 0.462. The van der Waals surface area contributed by atoms with Crippen molar-refractivity contribution in [2.75, 3.05) is 0 Å². The molecule has 1 aliphatic carbocycles. The van der Waals surface area contributed by atoms with E-state index in [1.807, 2.05) is 0 Å². The number of Topliss-reactive ketones (excluding diaryl/α,β-unsaturated/α-hetero) is 1. The lowest BCUT2D eigenvalue weighted by atomic mass is 9.93. The zero-order chi connectivity index (χ0) is 10.9. The first kappa shape index (κ1) is 10.9. The largest absolute Gasteiger partial charge is 0.299 e. The number of ketones is 1. The third kappa shape index (κ3) is 2.49. The van der Waals surface area contributed by atoms with E-state index >= 15 is 0 Å². The van der Waals surface area contributed by atoms with Crippen molar-refractivity contribution in [3.8, 4) is 0 Å². The van der Waals surface area contributed by atoms with Crippen LogP contribution in [0.4, 0.5) is 0 Å². The fourth-order valence-corrected chi connectivity index (χ4v) is 2.23. The minimum Gasteiger partial charge on any atom is -0.299 e. The van der Waals surface area contributed by atoms with Crippen LogP contribution in [-0.2, 0) is 11.2 Å². The smallest absolute Gasteiger partial charge is 0.135 e. The summed E-state index contributed by atoms with van der Waals surface area (Å²) in [6.07, 6.45) is 4.23. The topological polar surface area (TPSA) is 17.1 Å². The molecule has 0 saturated heterocycles. The quantitative estimate of drug-likeness (QED) is 0.812. The van der Waals surface area contributed by atoms with E-state index in [0.29, 0.717) is 5.78 Å². The van der Waals surface area contributed by atoms with Gasteiger partial charge in [0.1, 0.15) is 5.78 Å². The highest BCUT2D eigenvalue weighted by Gasteiger charge is 2.46. The summed E-state index contributed by atoms with van der Waals surface area (Å²) < 4.78 is 1.11. The molecule has 1 saturated carbocycles. The molecule has 0 bridgehead atoms. The summed E-state index contributed by atoms with van der Waals surface area (Å²) in [7, 11) is 0. The van der Waals surface area contributed by atoms with Crippen LogP contribution in [0.25, 0.3) is 0 Å². The molecule has 1 fully saturated rings. The van der Waals surface area contributed by atoms with Gasteiger partial charge in [0.2, 0.25) is 0 Å². The lowest BCUT2D eigenvalue weighted by molar-refractivity contribution is -0.122. The second-order valence-corrected chi connectivity index (χ2v) is 5.38. The van der Waals surface area contributed by atoms with Gasteiger partial charge in [-0.2, -0.15) is 0 Å². The second-order valence-electron chi connectivity index (χ2n) is 4.46. The molecule has 1 aliphatic rings. The number of hydrogen-bond donors (Lipinski definition) is 0. The van der Waals surface area contributed by atoms with Gasteiger partial charge in [-0.3, -0.25) is 4.79 Å². The van der Waals surface area contributed by atoms with Crippen molar-refractivity contribution in [2.45, 2.75) is 32.6 Å². The lowest BCUT2D eigenvalue weighted by Crippen LogP contribution is -2.12. The van der Waals surface area contributed by atoms with Gasteiger partial charge in [0.15, 0.2) is 0 Å². The molecule has 0 atom stereocenters. The van der Waals surface area contributed by atoms with Crippen molar-refractivity contribution in [1.29, 1.82) is 0 Å². The summed E-state index contributed by atoms with van der Waals surface area (Å²) >= 11 is 3.42. The van der Waals surface area contributed by atoms with Gasteiger partial charge in [-0.25, -0.2) is 0 Å². The molecule has 0 amide bonds. The first-order valence-electron chi connectivity index (χ1n) is 5.38. The minimum absolute atomic E-state index is 0.0487. The van der Waals surface area contributed by atoms with Crippen LogP contribution in [0.3, 0.4) is 0 Å². The molecular weight excluding hydrogens is 252 g/mol. The lowest BCUT2D eigenvalue weighted by Gasteiger charge is -2.10. The van der Waals surface area contributed by atoms with E-state index in [2.05, 4.69) is 40.2 Å². The predicted molar refractivity (Wildman–Crippen MR) is 64.8 cm³/mol. The number of carbonyl (C=O) groups is 1. The van der Waals surface area contributed by atoms with Crippen molar-refractivity contribution in [1.82, 2.24) is 0 Å². The van der Waals surface area contributed by atoms with Crippen LogP contribution in [-0.4, -0.2) is 5.78 Å². The SMILES string of the molecule is CC(=O)C1(CCc2ccc(Br)cc2)CC1. The number of aryl methyl sites for hydroxylation is 1. The van der Waals surface area contributed by atoms with Gasteiger partial charge >= 0.3 is 0 Å². The molecule has 0 aliphatic heterocycles. The minimum atomic E-state index is 0.0487. The molecule has 0 unspecified atom stereocenters. The van der Waals surface area contributed by atoms with Gasteiger partial charge in [0.25, 0.3) is 0 Å². The van der Waals surface area contributed by atoms with E-state index in [4.69, 9.17) is 0 Å². The van der Waals surface area contributed by atoms with Gasteiger partial charge < -0.3 is 0 Å². The average molecular weight is 267 g/mol. The van der Waals surface area contributed by atoms with E-state index in [1.54, 1.807) is 6.92 Å². The van der Waals surface area contributed by atoms with Crippen LogP contribution in [0.15, 0.2) is 28.7 Å². The Morgan fingerprint density at radius 1 is 1.33 bits per heavy atom. The average Bonchev–Trinajstić information content (AvgIpc) is 2.98. The molecule has 0 heterocycles. The van der Waals surface area contributed by atoms with Crippen LogP contribution >= 0.6 is 15.9 Å². The van der Waals surface area contributed by atoms with Crippen molar-refractivity contribution in [2.24, 2.45) is 5.41 Å². The Bertz CT molecular complexity index is 363. The maximum atomic E-state index is 11.4. The number of halogens is 1. The molecule has 1 nitrogen and oxygen atoms in total. The van der Waals surface area contributed by atoms with E-state index in [1.165, 1.54) is 5.56 Å². The summed E-state index contributed by atoms with van der Waals surface area (Å²) in [5.41, 5.74) is 1.37. The number of benzene rings is 1. The highest BCUT2D eigenvalue weighted by molar-refractivity contribution is 9.10. The Hall–Kier alpha value is -0.630. The first-order chi connectivity index (χ1) is 7.12. The first-order valence-corrected chi connectivity index (χ1v) is 6.17. The van der Waals surface area contributed by atoms with Crippen LogP contribution in [0.5, 0.6) is 0 Å². The summed E-state index contributed by atoms with van der Waals surface area (Å²) in [5.74, 6) is 0.375. The molecule has 0 aromatic heterocycles. The molecule has 2 heteroatoms. The normalized spacial score (nSPS) is 17.5. The van der Waals surface area contributed by atoms with Crippen molar-refractivity contribution in [3.05, 3.63) is 34.3 Å². The van der Waals surface area contributed by atoms with Crippen molar-refractivity contribution >= 4 is 21.7 Å². The Balaban J connectivity index is 1.94. The summed E-state index contributed by atoms with van der Waals surface area (Å²) in [4.78, 5) is 11.4. The Kier molecular flexibility index (Phi) is 2.96. The molecule has 0 spiro atoms. The molecule has 2 rings (SSSR count). The monoisotopic (exact) mass is 266 g/mol. The molecule has 0 N–H and O–H groups in total. The Labute approximate surface area is 99.0 Å². The van der Waals surface area contributed by atoms with E-state index in [0.717, 1.165) is 30.2 Å². The number of carbonyl (C=O) groups excluding carboxylic acids is 1. The van der Waals surface area contributed by atoms with Gasteiger partial charge in [-0.1, -0.05) is 28.1 Å². The van der Waals surface area contributed by atoms with E-state index in [-0.39, 0.29) is 5.41 Å². The third-order valence-corrected chi connectivity index (χ3v) is 3.93. The third-order valence-electron chi connectivity index (χ3n) is 3.41. The molecule has 80 valence electrons. The maximum absolute atomic E-state index is 11.4. The maximum Gasteiger partial charge on any atom is 0.135 e. The van der Waals surface area contributed by atoms with Gasteiger partial charge in [0.05, 0.1) is 0 Å². The van der Waals surface area contributed by atoms with Crippen molar-refractivity contribution < 1.29 is 4.79 Å². The highest BCUT2D eigenvalue weighted by Crippen LogP contribution is 2.50. The van der Waals surface area contributed by atoms with Gasteiger partial charge in [-0.05, 0) is 50.3 Å². The Morgan fingerprint density at radius 3 is 2.40 bits per heavy atom. The van der Waals surface area contributed by atoms with E-state index in [9.17, 15) is 4.79 Å². The standard InChI is InChI=1S/C13H15BrO/c1-10(15)13(8-9-13)7-6-11-2-4-12(14)5-3-11/h2-5H,6-9H2,1H3. The molecular formula is C13H15BrO. The zero-order valence-corrected chi connectivity index (χ0v) is 10.5. The molecule has 15 heavy (non-hydrogen) atoms. The van der Waals surface area contributed by atoms with Crippen LogP contribution in [0.2, 0.25) is 0 Å². The van der Waals surface area contributed by atoms with Gasteiger partial charge in [0, 0.05) is 9.89 Å². The molecule has 0 radical (unpaired) electrons. The zero-order valence-electron chi connectivity index (χ0n) is 8.92. The summed E-state index contributed by atoms with van der Waals surface area (Å²) in [6, 6.07) is 8.37.